The number of nitrogens with one attached hydrogen (secondary N) is 1. The first-order chi connectivity index (χ1) is 13.8. The van der Waals surface area contributed by atoms with Gasteiger partial charge in [0.05, 0.1) is 6.21 Å². The lowest BCUT2D eigenvalue weighted by Gasteiger charge is -2.08. The minimum absolute atomic E-state index is 0.156. The third kappa shape index (κ3) is 2.68. The van der Waals surface area contributed by atoms with Crippen LogP contribution < -0.4 is 5.43 Å². The third-order valence-corrected chi connectivity index (χ3v) is 4.65. The normalized spacial score (nSPS) is 11.6. The van der Waals surface area contributed by atoms with E-state index in [0.29, 0.717) is 11.5 Å². The maximum Gasteiger partial charge on any atom is 0.263 e. The second-order valence-corrected chi connectivity index (χ2v) is 6.35. The Morgan fingerprint density at radius 3 is 2.04 bits per heavy atom. The molecule has 0 fully saturated rings. The molecule has 0 saturated heterocycles. The number of aromatic nitrogens is 3. The molecule has 0 radical (unpaired) electrons. The van der Waals surface area contributed by atoms with Gasteiger partial charge in [0.25, 0.3) is 5.95 Å². The molecule has 134 valence electrons. The lowest BCUT2D eigenvalue weighted by molar-refractivity contribution is 0.474. The topological polar surface area (TPSA) is 83.3 Å². The summed E-state index contributed by atoms with van der Waals surface area (Å²) in [6, 6.07) is 23.2. The molecule has 5 rings (SSSR count). The fourth-order valence-corrected chi connectivity index (χ4v) is 3.35. The van der Waals surface area contributed by atoms with Crippen molar-refractivity contribution in [3.63, 3.8) is 0 Å². The minimum atomic E-state index is 0.156. The zero-order chi connectivity index (χ0) is 18.9. The van der Waals surface area contributed by atoms with Crippen molar-refractivity contribution in [3.8, 4) is 5.75 Å². The Labute approximate surface area is 160 Å². The van der Waals surface area contributed by atoms with Gasteiger partial charge in [-0.2, -0.15) is 5.10 Å². The molecule has 28 heavy (non-hydrogen) atoms. The van der Waals surface area contributed by atoms with Crippen molar-refractivity contribution in [3.05, 3.63) is 78.4 Å². The molecule has 0 bridgehead atoms. The van der Waals surface area contributed by atoms with Crippen LogP contribution in [0.1, 0.15) is 5.56 Å². The van der Waals surface area contributed by atoms with Crippen LogP contribution in [0.15, 0.2) is 77.9 Å². The number of hydrogen-bond donors (Lipinski definition) is 2. The summed E-state index contributed by atoms with van der Waals surface area (Å²) in [5.41, 5.74) is 4.92. The largest absolute Gasteiger partial charge is 0.507 e. The summed E-state index contributed by atoms with van der Waals surface area (Å²) in [6.45, 7) is 0. The molecule has 2 N–H and O–H groups in total. The standard InChI is InChI=1S/C22H15N5O/c28-19-12-6-1-7-14(19)13-23-26-22-24-20-17-10-4-2-8-15(17)16-9-3-5-11-18(16)21(20)25-27-22/h1-13,28H,(H,24,26,27)/b23-13+. The van der Waals surface area contributed by atoms with Crippen LogP contribution in [0.2, 0.25) is 0 Å². The number of hydrogen-bond acceptors (Lipinski definition) is 6. The summed E-state index contributed by atoms with van der Waals surface area (Å²) >= 11 is 0. The quantitative estimate of drug-likeness (QED) is 0.280. The van der Waals surface area contributed by atoms with Gasteiger partial charge < -0.3 is 5.11 Å². The molecule has 0 atom stereocenters. The summed E-state index contributed by atoms with van der Waals surface area (Å²) in [7, 11) is 0. The predicted octanol–water partition coefficient (Wildman–Crippen LogP) is 4.48. The van der Waals surface area contributed by atoms with Crippen LogP contribution in [0.5, 0.6) is 5.75 Å². The van der Waals surface area contributed by atoms with Crippen LogP contribution >= 0.6 is 0 Å². The van der Waals surface area contributed by atoms with Crippen LogP contribution in [0.25, 0.3) is 32.6 Å². The Kier molecular flexibility index (Phi) is 3.80. The van der Waals surface area contributed by atoms with Crippen molar-refractivity contribution in [2.45, 2.75) is 0 Å². The third-order valence-electron chi connectivity index (χ3n) is 4.65. The molecule has 1 aromatic heterocycles. The molecule has 5 aromatic rings. The van der Waals surface area contributed by atoms with Crippen molar-refractivity contribution >= 4 is 44.7 Å². The average molecular weight is 365 g/mol. The van der Waals surface area contributed by atoms with E-state index >= 15 is 0 Å². The Bertz CT molecular complexity index is 1330. The SMILES string of the molecule is Oc1ccccc1/C=N/Nc1nnc2c3ccccc3c3ccccc3c2n1. The highest BCUT2D eigenvalue weighted by atomic mass is 16.3. The summed E-state index contributed by atoms with van der Waals surface area (Å²) < 4.78 is 0. The predicted molar refractivity (Wildman–Crippen MR) is 112 cm³/mol. The Morgan fingerprint density at radius 1 is 0.714 bits per heavy atom. The van der Waals surface area contributed by atoms with E-state index in [0.717, 1.165) is 32.6 Å². The first kappa shape index (κ1) is 16.1. The molecule has 6 heteroatoms. The van der Waals surface area contributed by atoms with E-state index in [1.807, 2.05) is 42.5 Å². The molecule has 0 saturated carbocycles. The molecular weight excluding hydrogens is 350 g/mol. The second kappa shape index (κ2) is 6.59. The number of para-hydroxylation sites is 1. The number of hydrazone groups is 1. The maximum atomic E-state index is 9.81. The van der Waals surface area contributed by atoms with Crippen molar-refractivity contribution in [1.29, 1.82) is 0 Å². The van der Waals surface area contributed by atoms with E-state index < -0.39 is 0 Å². The number of fused-ring (bicyclic) bond motifs is 6. The van der Waals surface area contributed by atoms with Crippen LogP contribution in [0.3, 0.4) is 0 Å². The van der Waals surface area contributed by atoms with Crippen molar-refractivity contribution in [1.82, 2.24) is 15.2 Å². The van der Waals surface area contributed by atoms with Gasteiger partial charge >= 0.3 is 0 Å². The van der Waals surface area contributed by atoms with Gasteiger partial charge in [-0.1, -0.05) is 60.7 Å². The van der Waals surface area contributed by atoms with Gasteiger partial charge in [-0.15, -0.1) is 10.2 Å². The lowest BCUT2D eigenvalue weighted by atomic mass is 10.00. The Morgan fingerprint density at radius 2 is 1.32 bits per heavy atom. The van der Waals surface area contributed by atoms with Gasteiger partial charge in [-0.25, -0.2) is 10.4 Å². The molecule has 0 spiro atoms. The number of rotatable bonds is 3. The van der Waals surface area contributed by atoms with Gasteiger partial charge in [0.15, 0.2) is 0 Å². The van der Waals surface area contributed by atoms with Crippen LogP contribution in [-0.2, 0) is 0 Å². The number of nitrogens with zero attached hydrogens (tertiary/aromatic N) is 4. The second-order valence-electron chi connectivity index (χ2n) is 6.35. The molecule has 6 nitrogen and oxygen atoms in total. The van der Waals surface area contributed by atoms with Crippen molar-refractivity contribution in [2.24, 2.45) is 5.10 Å². The van der Waals surface area contributed by atoms with E-state index in [-0.39, 0.29) is 5.75 Å². The zero-order valence-corrected chi connectivity index (χ0v) is 14.7. The zero-order valence-electron chi connectivity index (χ0n) is 14.7. The highest BCUT2D eigenvalue weighted by Gasteiger charge is 2.11. The Hall–Kier alpha value is -4.06. The van der Waals surface area contributed by atoms with Crippen molar-refractivity contribution < 1.29 is 5.11 Å². The van der Waals surface area contributed by atoms with Gasteiger partial charge in [0.2, 0.25) is 0 Å². The number of phenolic OH excluding ortho intramolecular Hbond substituents is 1. The van der Waals surface area contributed by atoms with Crippen LogP contribution in [0.4, 0.5) is 5.95 Å². The molecular formula is C22H15N5O. The van der Waals surface area contributed by atoms with Gasteiger partial charge in [-0.05, 0) is 22.9 Å². The van der Waals surface area contributed by atoms with E-state index in [9.17, 15) is 5.11 Å². The molecule has 0 aliphatic rings. The lowest BCUT2D eigenvalue weighted by Crippen LogP contribution is -2.00. The van der Waals surface area contributed by atoms with Crippen LogP contribution in [0, 0.1) is 0 Å². The average Bonchev–Trinajstić information content (AvgIpc) is 2.75. The van der Waals surface area contributed by atoms with E-state index in [2.05, 4.69) is 37.8 Å². The van der Waals surface area contributed by atoms with Crippen molar-refractivity contribution in [2.75, 3.05) is 5.43 Å². The van der Waals surface area contributed by atoms with Gasteiger partial charge in [-0.3, -0.25) is 0 Å². The molecule has 1 heterocycles. The van der Waals surface area contributed by atoms with Crippen LogP contribution in [-0.4, -0.2) is 26.5 Å². The summed E-state index contributed by atoms with van der Waals surface area (Å²) in [5.74, 6) is 0.447. The molecule has 0 aliphatic carbocycles. The highest BCUT2D eigenvalue weighted by Crippen LogP contribution is 2.32. The molecule has 0 amide bonds. The summed E-state index contributed by atoms with van der Waals surface area (Å²) in [5, 5.41) is 26.8. The Balaban J connectivity index is 1.62. The fraction of sp³-hybridized carbons (Fsp3) is 0. The monoisotopic (exact) mass is 365 g/mol. The summed E-state index contributed by atoms with van der Waals surface area (Å²) in [4.78, 5) is 4.65. The highest BCUT2D eigenvalue weighted by molar-refractivity contribution is 6.22. The van der Waals surface area contributed by atoms with E-state index in [4.69, 9.17) is 0 Å². The smallest absolute Gasteiger partial charge is 0.263 e. The fourth-order valence-electron chi connectivity index (χ4n) is 3.35. The first-order valence-electron chi connectivity index (χ1n) is 8.82. The number of aromatic hydroxyl groups is 1. The number of anilines is 1. The van der Waals surface area contributed by atoms with Gasteiger partial charge in [0.1, 0.15) is 16.8 Å². The number of benzene rings is 4. The summed E-state index contributed by atoms with van der Waals surface area (Å²) in [6.07, 6.45) is 1.52. The van der Waals surface area contributed by atoms with E-state index in [1.165, 1.54) is 6.21 Å². The molecule has 4 aromatic carbocycles. The van der Waals surface area contributed by atoms with Gasteiger partial charge in [0, 0.05) is 16.3 Å². The maximum absolute atomic E-state index is 9.81. The molecule has 0 unspecified atom stereocenters. The minimum Gasteiger partial charge on any atom is -0.507 e. The number of phenols is 1. The first-order valence-corrected chi connectivity index (χ1v) is 8.82. The van der Waals surface area contributed by atoms with E-state index in [1.54, 1.807) is 18.2 Å². The molecule has 0 aliphatic heterocycles.